The first-order chi connectivity index (χ1) is 10.2. The van der Waals surface area contributed by atoms with Crippen LogP contribution in [0.2, 0.25) is 0 Å². The Balaban J connectivity index is 1.78. The van der Waals surface area contributed by atoms with E-state index in [0.29, 0.717) is 0 Å². The molecule has 0 fully saturated rings. The van der Waals surface area contributed by atoms with Crippen molar-refractivity contribution >= 4 is 11.8 Å². The minimum absolute atomic E-state index is 0.938. The predicted molar refractivity (Wildman–Crippen MR) is 86.2 cm³/mol. The highest BCUT2D eigenvalue weighted by Crippen LogP contribution is 2.47. The number of ether oxygens (including phenoxy) is 1. The minimum Gasteiger partial charge on any atom is -0.455 e. The molecule has 2 aromatic carbocycles. The van der Waals surface area contributed by atoms with Crippen LogP contribution in [0.1, 0.15) is 5.69 Å². The molecular weight excluding hydrogens is 278 g/mol. The first kappa shape index (κ1) is 12.6. The fourth-order valence-corrected chi connectivity index (χ4v) is 3.58. The summed E-state index contributed by atoms with van der Waals surface area (Å²) in [6.45, 7) is 2.12. The topological polar surface area (TPSA) is 14.2 Å². The van der Waals surface area contributed by atoms with Crippen LogP contribution >= 0.6 is 11.8 Å². The number of aromatic nitrogens is 1. The summed E-state index contributed by atoms with van der Waals surface area (Å²) in [5, 5.41) is 0. The molecule has 1 aliphatic heterocycles. The van der Waals surface area contributed by atoms with Crippen LogP contribution in [-0.4, -0.2) is 4.57 Å². The molecule has 0 radical (unpaired) electrons. The molecule has 21 heavy (non-hydrogen) atoms. The van der Waals surface area contributed by atoms with Gasteiger partial charge in [0.2, 0.25) is 0 Å². The standard InChI is InChI=1S/C18H15NOS/c1-12-7-9-14(19(12)2)13-8-10-16-18(11-13)21-17-6-4-3-5-15(17)20-16/h3-11H,1-2H3. The first-order valence-electron chi connectivity index (χ1n) is 6.94. The first-order valence-corrected chi connectivity index (χ1v) is 7.75. The molecule has 0 bridgehead atoms. The Kier molecular flexibility index (Phi) is 2.82. The summed E-state index contributed by atoms with van der Waals surface area (Å²) in [6.07, 6.45) is 0. The zero-order valence-electron chi connectivity index (χ0n) is 12.0. The number of aryl methyl sites for hydroxylation is 1. The lowest BCUT2D eigenvalue weighted by Crippen LogP contribution is -1.97. The van der Waals surface area contributed by atoms with Gasteiger partial charge in [-0.05, 0) is 55.0 Å². The van der Waals surface area contributed by atoms with E-state index < -0.39 is 0 Å². The molecular formula is C18H15NOS. The number of hydrogen-bond donors (Lipinski definition) is 0. The Morgan fingerprint density at radius 2 is 1.71 bits per heavy atom. The summed E-state index contributed by atoms with van der Waals surface area (Å²) >= 11 is 1.77. The van der Waals surface area contributed by atoms with Gasteiger partial charge >= 0.3 is 0 Å². The Hall–Kier alpha value is -2.13. The van der Waals surface area contributed by atoms with Gasteiger partial charge in [-0.25, -0.2) is 0 Å². The lowest BCUT2D eigenvalue weighted by molar-refractivity contribution is 0.454. The zero-order valence-corrected chi connectivity index (χ0v) is 12.8. The van der Waals surface area contributed by atoms with E-state index in [9.17, 15) is 0 Å². The molecule has 0 unspecified atom stereocenters. The molecule has 2 nitrogen and oxygen atoms in total. The SMILES string of the molecule is Cc1ccc(-c2ccc3c(c2)Sc2ccccc2O3)n1C. The fourth-order valence-electron chi connectivity index (χ4n) is 2.59. The largest absolute Gasteiger partial charge is 0.455 e. The molecule has 2 heterocycles. The second-order valence-electron chi connectivity index (χ2n) is 5.23. The van der Waals surface area contributed by atoms with Crippen LogP contribution in [0.5, 0.6) is 11.5 Å². The molecule has 0 saturated carbocycles. The number of nitrogens with zero attached hydrogens (tertiary/aromatic N) is 1. The van der Waals surface area contributed by atoms with Crippen LogP contribution in [0.25, 0.3) is 11.3 Å². The van der Waals surface area contributed by atoms with Gasteiger partial charge in [0, 0.05) is 18.4 Å². The van der Waals surface area contributed by atoms with Gasteiger partial charge in [0.1, 0.15) is 11.5 Å². The molecule has 0 aliphatic carbocycles. The van der Waals surface area contributed by atoms with E-state index in [-0.39, 0.29) is 0 Å². The summed E-state index contributed by atoms with van der Waals surface area (Å²) < 4.78 is 8.19. The Labute approximate surface area is 128 Å². The van der Waals surface area contributed by atoms with Crippen molar-refractivity contribution in [2.24, 2.45) is 7.05 Å². The van der Waals surface area contributed by atoms with Gasteiger partial charge in [-0.1, -0.05) is 23.9 Å². The molecule has 3 heteroatoms. The van der Waals surface area contributed by atoms with Gasteiger partial charge in [-0.15, -0.1) is 0 Å². The summed E-state index contributed by atoms with van der Waals surface area (Å²) in [5.41, 5.74) is 3.71. The van der Waals surface area contributed by atoms with Crippen molar-refractivity contribution in [1.82, 2.24) is 4.57 Å². The summed E-state index contributed by atoms with van der Waals surface area (Å²) in [4.78, 5) is 2.34. The van der Waals surface area contributed by atoms with Gasteiger partial charge in [-0.3, -0.25) is 0 Å². The molecule has 0 N–H and O–H groups in total. The van der Waals surface area contributed by atoms with Crippen molar-refractivity contribution in [3.63, 3.8) is 0 Å². The minimum atomic E-state index is 0.938. The highest BCUT2D eigenvalue weighted by atomic mass is 32.2. The Morgan fingerprint density at radius 3 is 2.52 bits per heavy atom. The number of rotatable bonds is 1. The van der Waals surface area contributed by atoms with E-state index in [1.165, 1.54) is 26.7 Å². The molecule has 0 amide bonds. The number of para-hydroxylation sites is 1. The predicted octanol–water partition coefficient (Wildman–Crippen LogP) is 5.26. The summed E-state index contributed by atoms with van der Waals surface area (Å²) in [6, 6.07) is 18.9. The van der Waals surface area contributed by atoms with E-state index in [4.69, 9.17) is 4.74 Å². The van der Waals surface area contributed by atoms with Gasteiger partial charge < -0.3 is 9.30 Å². The third-order valence-corrected chi connectivity index (χ3v) is 5.00. The van der Waals surface area contributed by atoms with E-state index >= 15 is 0 Å². The normalized spacial score (nSPS) is 12.5. The second-order valence-corrected chi connectivity index (χ2v) is 6.32. The molecule has 1 aromatic heterocycles. The van der Waals surface area contributed by atoms with Crippen LogP contribution in [0.15, 0.2) is 64.4 Å². The highest BCUT2D eigenvalue weighted by molar-refractivity contribution is 7.99. The maximum absolute atomic E-state index is 5.98. The van der Waals surface area contributed by atoms with Crippen molar-refractivity contribution in [2.75, 3.05) is 0 Å². The van der Waals surface area contributed by atoms with E-state index in [1.54, 1.807) is 11.8 Å². The molecule has 1 aliphatic rings. The average molecular weight is 293 g/mol. The van der Waals surface area contributed by atoms with Gasteiger partial charge in [-0.2, -0.15) is 0 Å². The third kappa shape index (κ3) is 2.05. The quantitative estimate of drug-likeness (QED) is 0.475. The van der Waals surface area contributed by atoms with Crippen molar-refractivity contribution < 1.29 is 4.74 Å². The number of benzene rings is 2. The highest BCUT2D eigenvalue weighted by Gasteiger charge is 2.18. The van der Waals surface area contributed by atoms with Crippen LogP contribution < -0.4 is 4.74 Å². The van der Waals surface area contributed by atoms with E-state index in [1.807, 2.05) is 18.2 Å². The number of hydrogen-bond acceptors (Lipinski definition) is 2. The Morgan fingerprint density at radius 1 is 0.905 bits per heavy atom. The van der Waals surface area contributed by atoms with Crippen LogP contribution in [0, 0.1) is 6.92 Å². The van der Waals surface area contributed by atoms with Crippen molar-refractivity contribution in [3.8, 4) is 22.8 Å². The monoisotopic (exact) mass is 293 g/mol. The average Bonchev–Trinajstić information content (AvgIpc) is 2.84. The van der Waals surface area contributed by atoms with Gasteiger partial charge in [0.25, 0.3) is 0 Å². The van der Waals surface area contributed by atoms with Crippen molar-refractivity contribution in [3.05, 3.63) is 60.3 Å². The summed E-state index contributed by atoms with van der Waals surface area (Å²) in [7, 11) is 2.10. The summed E-state index contributed by atoms with van der Waals surface area (Å²) in [5.74, 6) is 1.88. The van der Waals surface area contributed by atoms with Crippen LogP contribution in [0.4, 0.5) is 0 Å². The van der Waals surface area contributed by atoms with Gasteiger partial charge in [0.05, 0.1) is 9.79 Å². The molecule has 0 atom stereocenters. The van der Waals surface area contributed by atoms with E-state index in [2.05, 4.69) is 54.9 Å². The molecule has 3 aromatic rings. The zero-order chi connectivity index (χ0) is 14.4. The molecule has 4 rings (SSSR count). The van der Waals surface area contributed by atoms with Crippen molar-refractivity contribution in [1.29, 1.82) is 0 Å². The smallest absolute Gasteiger partial charge is 0.141 e. The lowest BCUT2D eigenvalue weighted by atomic mass is 10.1. The molecule has 0 spiro atoms. The molecule has 0 saturated heterocycles. The maximum atomic E-state index is 5.98. The number of fused-ring (bicyclic) bond motifs is 2. The van der Waals surface area contributed by atoms with Crippen molar-refractivity contribution in [2.45, 2.75) is 16.7 Å². The Bertz CT molecular complexity index is 835. The van der Waals surface area contributed by atoms with Crippen LogP contribution in [0.3, 0.4) is 0 Å². The second kappa shape index (κ2) is 4.71. The fraction of sp³-hybridized carbons (Fsp3) is 0.111. The molecule has 104 valence electrons. The lowest BCUT2D eigenvalue weighted by Gasteiger charge is -2.20. The van der Waals surface area contributed by atoms with Crippen LogP contribution in [-0.2, 0) is 7.05 Å². The maximum Gasteiger partial charge on any atom is 0.141 e. The van der Waals surface area contributed by atoms with E-state index in [0.717, 1.165) is 11.5 Å². The van der Waals surface area contributed by atoms with Gasteiger partial charge in [0.15, 0.2) is 0 Å². The third-order valence-electron chi connectivity index (χ3n) is 3.90.